The van der Waals surface area contributed by atoms with E-state index in [2.05, 4.69) is 178 Å². The lowest BCUT2D eigenvalue weighted by Gasteiger charge is -2.33. The van der Waals surface area contributed by atoms with Gasteiger partial charge in [-0.05, 0) is 72.8 Å². The van der Waals surface area contributed by atoms with Gasteiger partial charge in [0.15, 0.2) is 0 Å². The number of benzene rings is 7. The number of anilines is 3. The predicted molar refractivity (Wildman–Crippen MR) is 194 cm³/mol. The molecule has 0 spiro atoms. The van der Waals surface area contributed by atoms with Crippen molar-refractivity contribution < 1.29 is 0 Å². The van der Waals surface area contributed by atoms with Crippen LogP contribution in [0.2, 0.25) is 0 Å². The Hall–Kier alpha value is -5.71. The minimum absolute atomic E-state index is 1.14. The van der Waals surface area contributed by atoms with Crippen LogP contribution >= 0.6 is 11.8 Å². The molecule has 46 heavy (non-hydrogen) atoms. The van der Waals surface area contributed by atoms with Crippen LogP contribution in [0, 0.1) is 0 Å². The van der Waals surface area contributed by atoms with Crippen molar-refractivity contribution in [1.82, 2.24) is 9.13 Å². The lowest BCUT2D eigenvalue weighted by molar-refractivity contribution is 1.14. The summed E-state index contributed by atoms with van der Waals surface area (Å²) in [6, 6.07) is 59.4. The van der Waals surface area contributed by atoms with Crippen molar-refractivity contribution in [3.63, 3.8) is 0 Å². The molecule has 0 saturated heterocycles. The van der Waals surface area contributed by atoms with Crippen molar-refractivity contribution in [2.24, 2.45) is 0 Å². The van der Waals surface area contributed by atoms with E-state index in [4.69, 9.17) is 0 Å². The number of aromatic nitrogens is 2. The summed E-state index contributed by atoms with van der Waals surface area (Å²) in [5, 5.41) is 5.03. The summed E-state index contributed by atoms with van der Waals surface area (Å²) in [7, 11) is 0. The highest BCUT2D eigenvalue weighted by atomic mass is 32.2. The fourth-order valence-electron chi connectivity index (χ4n) is 7.39. The van der Waals surface area contributed by atoms with Crippen molar-refractivity contribution >= 4 is 72.4 Å². The van der Waals surface area contributed by atoms with Gasteiger partial charge in [0.25, 0.3) is 0 Å². The van der Waals surface area contributed by atoms with Crippen LogP contribution in [-0.4, -0.2) is 9.13 Å². The van der Waals surface area contributed by atoms with Crippen molar-refractivity contribution in [1.29, 1.82) is 0 Å². The molecule has 0 bridgehead atoms. The monoisotopic (exact) mass is 605 g/mol. The maximum Gasteiger partial charge on any atom is 0.0641 e. The van der Waals surface area contributed by atoms with Gasteiger partial charge in [-0.25, -0.2) is 0 Å². The summed E-state index contributed by atoms with van der Waals surface area (Å²) in [4.78, 5) is 4.94. The standard InChI is InChI=1S/C42H27N3S/c1-2-13-28(14-3-1)43-35-20-7-5-18-33(35)41-38(43)26-25-32-31-17-4-6-19-34(31)45(42(32)41)30-16-12-15-29(27-30)44-36-21-8-10-23-39(36)46-40-24-11-9-22-37(40)44/h1-27H. The first kappa shape index (κ1) is 25.6. The molecule has 0 radical (unpaired) electrons. The molecule has 0 N–H and O–H groups in total. The van der Waals surface area contributed by atoms with Gasteiger partial charge in [-0.1, -0.05) is 103 Å². The van der Waals surface area contributed by atoms with Crippen molar-refractivity contribution in [2.75, 3.05) is 4.90 Å². The molecule has 216 valence electrons. The Morgan fingerprint density at radius 3 is 1.72 bits per heavy atom. The van der Waals surface area contributed by atoms with E-state index in [0.717, 1.165) is 17.1 Å². The summed E-state index contributed by atoms with van der Waals surface area (Å²) in [6.07, 6.45) is 0. The van der Waals surface area contributed by atoms with Crippen LogP contribution < -0.4 is 4.90 Å². The molecule has 7 aromatic carbocycles. The SMILES string of the molecule is c1ccc(-n2c3ccccc3c3c2ccc2c4ccccc4n(-c4cccc(N5c6ccccc6Sc6ccccc65)c4)c23)cc1. The Morgan fingerprint density at radius 1 is 0.370 bits per heavy atom. The normalized spacial score (nSPS) is 12.7. The van der Waals surface area contributed by atoms with Gasteiger partial charge in [0.1, 0.15) is 0 Å². The fraction of sp³-hybridized carbons (Fsp3) is 0. The lowest BCUT2D eigenvalue weighted by Crippen LogP contribution is -2.15. The van der Waals surface area contributed by atoms with Gasteiger partial charge in [-0.15, -0.1) is 0 Å². The Balaban J connectivity index is 1.30. The summed E-state index contributed by atoms with van der Waals surface area (Å²) in [6.45, 7) is 0. The Morgan fingerprint density at radius 2 is 0.957 bits per heavy atom. The second-order valence-corrected chi connectivity index (χ2v) is 12.9. The summed E-state index contributed by atoms with van der Waals surface area (Å²) < 4.78 is 4.89. The van der Waals surface area contributed by atoms with Gasteiger partial charge in [0.2, 0.25) is 0 Å². The molecular weight excluding hydrogens is 579 g/mol. The minimum atomic E-state index is 1.14. The van der Waals surface area contributed by atoms with Crippen LogP contribution in [0.25, 0.3) is 55.0 Å². The zero-order valence-electron chi connectivity index (χ0n) is 24.8. The zero-order valence-corrected chi connectivity index (χ0v) is 25.7. The molecule has 0 amide bonds. The van der Waals surface area contributed by atoms with Gasteiger partial charge in [-0.2, -0.15) is 0 Å². The maximum atomic E-state index is 2.48. The van der Waals surface area contributed by atoms with Gasteiger partial charge in [0.05, 0.1) is 33.4 Å². The van der Waals surface area contributed by atoms with Gasteiger partial charge >= 0.3 is 0 Å². The first-order valence-corrected chi connectivity index (χ1v) is 16.4. The fourth-order valence-corrected chi connectivity index (χ4v) is 8.44. The minimum Gasteiger partial charge on any atom is -0.309 e. The first-order valence-electron chi connectivity index (χ1n) is 15.6. The first-order chi connectivity index (χ1) is 22.8. The van der Waals surface area contributed by atoms with Crippen LogP contribution in [0.4, 0.5) is 17.1 Å². The molecule has 0 fully saturated rings. The second kappa shape index (κ2) is 9.90. The van der Waals surface area contributed by atoms with Gasteiger partial charge in [0, 0.05) is 48.4 Å². The molecule has 1 aliphatic rings. The Bertz CT molecular complexity index is 2580. The average Bonchev–Trinajstić information content (AvgIpc) is 3.64. The van der Waals surface area contributed by atoms with E-state index >= 15 is 0 Å². The number of fused-ring (bicyclic) bond motifs is 9. The average molecular weight is 606 g/mol. The molecule has 0 aliphatic carbocycles. The number of nitrogens with zero attached hydrogens (tertiary/aromatic N) is 3. The summed E-state index contributed by atoms with van der Waals surface area (Å²) >= 11 is 1.84. The third-order valence-electron chi connectivity index (χ3n) is 9.26. The quantitative estimate of drug-likeness (QED) is 0.199. The number of para-hydroxylation sites is 5. The zero-order chi connectivity index (χ0) is 30.2. The topological polar surface area (TPSA) is 13.1 Å². The van der Waals surface area contributed by atoms with Crippen molar-refractivity contribution in [3.05, 3.63) is 164 Å². The van der Waals surface area contributed by atoms with Crippen molar-refractivity contribution in [2.45, 2.75) is 9.79 Å². The molecule has 9 aromatic rings. The number of hydrogen-bond acceptors (Lipinski definition) is 2. The van der Waals surface area contributed by atoms with Crippen LogP contribution in [-0.2, 0) is 0 Å². The number of rotatable bonds is 3. The summed E-state index contributed by atoms with van der Waals surface area (Å²) in [5.41, 5.74) is 10.7. The molecule has 0 saturated carbocycles. The molecule has 2 aromatic heterocycles. The highest BCUT2D eigenvalue weighted by Crippen LogP contribution is 2.51. The van der Waals surface area contributed by atoms with Crippen LogP contribution in [0.3, 0.4) is 0 Å². The summed E-state index contributed by atoms with van der Waals surface area (Å²) in [5.74, 6) is 0. The predicted octanol–water partition coefficient (Wildman–Crippen LogP) is 11.8. The van der Waals surface area contributed by atoms with Crippen LogP contribution in [0.1, 0.15) is 0 Å². The van der Waals surface area contributed by atoms with E-state index in [1.165, 1.54) is 64.8 Å². The second-order valence-electron chi connectivity index (χ2n) is 11.8. The van der Waals surface area contributed by atoms with E-state index in [9.17, 15) is 0 Å². The Labute approximate surface area is 270 Å². The number of hydrogen-bond donors (Lipinski definition) is 0. The molecule has 3 heterocycles. The van der Waals surface area contributed by atoms with Crippen molar-refractivity contribution in [3.8, 4) is 11.4 Å². The molecule has 4 heteroatoms. The van der Waals surface area contributed by atoms with E-state index < -0.39 is 0 Å². The van der Waals surface area contributed by atoms with E-state index in [-0.39, 0.29) is 0 Å². The smallest absolute Gasteiger partial charge is 0.0641 e. The molecule has 1 aliphatic heterocycles. The van der Waals surface area contributed by atoms with Gasteiger partial charge in [-0.3, -0.25) is 0 Å². The van der Waals surface area contributed by atoms with E-state index in [1.807, 2.05) is 11.8 Å². The highest BCUT2D eigenvalue weighted by molar-refractivity contribution is 7.99. The molecule has 3 nitrogen and oxygen atoms in total. The molecule has 0 unspecified atom stereocenters. The molecular formula is C42H27N3S. The van der Waals surface area contributed by atoms with Crippen LogP contribution in [0.15, 0.2) is 174 Å². The van der Waals surface area contributed by atoms with E-state index in [1.54, 1.807) is 0 Å². The lowest BCUT2D eigenvalue weighted by atomic mass is 10.1. The largest absolute Gasteiger partial charge is 0.309 e. The van der Waals surface area contributed by atoms with Crippen LogP contribution in [0.5, 0.6) is 0 Å². The molecule has 10 rings (SSSR count). The van der Waals surface area contributed by atoms with Gasteiger partial charge < -0.3 is 14.0 Å². The van der Waals surface area contributed by atoms with E-state index in [0.29, 0.717) is 0 Å². The maximum absolute atomic E-state index is 2.48. The third kappa shape index (κ3) is 3.62. The highest BCUT2D eigenvalue weighted by Gasteiger charge is 2.25. The Kier molecular flexibility index (Phi) is 5.51. The third-order valence-corrected chi connectivity index (χ3v) is 10.4. The molecule has 0 atom stereocenters.